The van der Waals surface area contributed by atoms with E-state index in [1.807, 2.05) is 0 Å². The molecule has 0 aliphatic rings. The molecule has 1 rings (SSSR count). The molecule has 0 atom stereocenters. The number of aromatic nitrogens is 1. The number of rotatable bonds is 3. The van der Waals surface area contributed by atoms with Gasteiger partial charge in [-0.1, -0.05) is 0 Å². The lowest BCUT2D eigenvalue weighted by Crippen LogP contribution is -2.30. The number of alkyl halides is 3. The molecule has 0 aromatic carbocycles. The van der Waals surface area contributed by atoms with Crippen LogP contribution in [0.15, 0.2) is 5.38 Å². The molecular weight excluding hydrogens is 245 g/mol. The number of carbonyl (C=O) groups excluding carboxylic acids is 1. The van der Waals surface area contributed by atoms with E-state index in [2.05, 4.69) is 9.72 Å². The van der Waals surface area contributed by atoms with Crippen molar-refractivity contribution in [2.24, 2.45) is 0 Å². The lowest BCUT2D eigenvalue weighted by atomic mass is 10.5. The molecule has 0 radical (unpaired) electrons. The monoisotopic (exact) mass is 254 g/mol. The normalized spacial score (nSPS) is 11.3. The Morgan fingerprint density at radius 3 is 2.75 bits per heavy atom. The van der Waals surface area contributed by atoms with Crippen LogP contribution < -0.4 is 4.90 Å². The van der Waals surface area contributed by atoms with Crippen molar-refractivity contribution in [1.82, 2.24) is 4.98 Å². The summed E-state index contributed by atoms with van der Waals surface area (Å²) in [5, 5.41) is 1.48. The Bertz CT molecular complexity index is 378. The first kappa shape index (κ1) is 12.8. The van der Waals surface area contributed by atoms with Crippen molar-refractivity contribution in [1.29, 1.82) is 0 Å². The second-order valence-corrected chi connectivity index (χ2v) is 3.81. The smallest absolute Gasteiger partial charge is 0.405 e. The number of hydrogen-bond donors (Lipinski definition) is 0. The zero-order valence-electron chi connectivity index (χ0n) is 8.54. The van der Waals surface area contributed by atoms with Gasteiger partial charge in [-0.2, -0.15) is 13.2 Å². The van der Waals surface area contributed by atoms with Crippen LogP contribution in [0.25, 0.3) is 0 Å². The van der Waals surface area contributed by atoms with Crippen LogP contribution in [0.1, 0.15) is 10.5 Å². The summed E-state index contributed by atoms with van der Waals surface area (Å²) in [6.45, 7) is -1.11. The largest absolute Gasteiger partial charge is 0.464 e. The molecule has 1 aromatic rings. The fraction of sp³-hybridized carbons (Fsp3) is 0.500. The molecule has 0 bridgehead atoms. The third kappa shape index (κ3) is 3.37. The molecule has 0 unspecified atom stereocenters. The number of carbonyl (C=O) groups is 1. The molecule has 0 aliphatic carbocycles. The quantitative estimate of drug-likeness (QED) is 0.773. The van der Waals surface area contributed by atoms with Gasteiger partial charge in [-0.25, -0.2) is 9.78 Å². The van der Waals surface area contributed by atoms with Gasteiger partial charge in [-0.05, 0) is 0 Å². The average Bonchev–Trinajstić information content (AvgIpc) is 2.62. The van der Waals surface area contributed by atoms with Crippen LogP contribution in [0.4, 0.5) is 18.3 Å². The second-order valence-electron chi connectivity index (χ2n) is 2.98. The van der Waals surface area contributed by atoms with Crippen molar-refractivity contribution >= 4 is 22.4 Å². The Labute approximate surface area is 93.6 Å². The number of esters is 1. The standard InChI is InChI=1S/C8H9F3N2O2S/c1-13(4-8(9,10)11)7-12-5(3-16-7)6(14)15-2/h3H,4H2,1-2H3. The van der Waals surface area contributed by atoms with Crippen molar-refractivity contribution in [3.05, 3.63) is 11.1 Å². The molecule has 0 aliphatic heterocycles. The molecule has 8 heteroatoms. The number of nitrogens with zero attached hydrogens (tertiary/aromatic N) is 2. The molecule has 4 nitrogen and oxygen atoms in total. The van der Waals surface area contributed by atoms with Crippen LogP contribution >= 0.6 is 11.3 Å². The van der Waals surface area contributed by atoms with E-state index in [-0.39, 0.29) is 10.8 Å². The van der Waals surface area contributed by atoms with E-state index in [4.69, 9.17) is 0 Å². The van der Waals surface area contributed by atoms with Crippen molar-refractivity contribution < 1.29 is 22.7 Å². The Balaban J connectivity index is 2.74. The lowest BCUT2D eigenvalue weighted by Gasteiger charge is -2.17. The zero-order chi connectivity index (χ0) is 12.3. The Kier molecular flexibility index (Phi) is 3.74. The van der Waals surface area contributed by atoms with Gasteiger partial charge < -0.3 is 9.64 Å². The molecule has 0 amide bonds. The minimum absolute atomic E-state index is 0.0107. The van der Waals surface area contributed by atoms with Gasteiger partial charge in [0, 0.05) is 12.4 Å². The topological polar surface area (TPSA) is 42.4 Å². The molecule has 90 valence electrons. The number of anilines is 1. The van der Waals surface area contributed by atoms with Crippen LogP contribution in [-0.2, 0) is 4.74 Å². The maximum absolute atomic E-state index is 12.1. The Morgan fingerprint density at radius 1 is 1.62 bits per heavy atom. The third-order valence-corrected chi connectivity index (χ3v) is 2.58. The summed E-state index contributed by atoms with van der Waals surface area (Å²) >= 11 is 0.956. The first-order valence-electron chi connectivity index (χ1n) is 4.15. The van der Waals surface area contributed by atoms with E-state index in [0.717, 1.165) is 16.2 Å². The van der Waals surface area contributed by atoms with E-state index < -0.39 is 18.7 Å². The molecule has 0 saturated heterocycles. The SMILES string of the molecule is COC(=O)c1csc(N(C)CC(F)(F)F)n1. The highest BCUT2D eigenvalue weighted by Gasteiger charge is 2.30. The summed E-state index contributed by atoms with van der Waals surface area (Å²) in [5.41, 5.74) is 0.0107. The van der Waals surface area contributed by atoms with Crippen molar-refractivity contribution in [3.8, 4) is 0 Å². The van der Waals surface area contributed by atoms with E-state index in [1.54, 1.807) is 0 Å². The first-order valence-corrected chi connectivity index (χ1v) is 5.03. The molecule has 0 saturated carbocycles. The summed E-state index contributed by atoms with van der Waals surface area (Å²) in [7, 11) is 2.44. The molecule has 1 aromatic heterocycles. The van der Waals surface area contributed by atoms with E-state index >= 15 is 0 Å². The summed E-state index contributed by atoms with van der Waals surface area (Å²) < 4.78 is 40.6. The number of thiazole rings is 1. The molecule has 16 heavy (non-hydrogen) atoms. The van der Waals surface area contributed by atoms with Gasteiger partial charge in [0.05, 0.1) is 7.11 Å². The third-order valence-electron chi connectivity index (χ3n) is 1.63. The summed E-state index contributed by atoms with van der Waals surface area (Å²) in [6, 6.07) is 0. The fourth-order valence-electron chi connectivity index (χ4n) is 0.974. The van der Waals surface area contributed by atoms with Crippen LogP contribution in [-0.4, -0.2) is 37.8 Å². The maximum Gasteiger partial charge on any atom is 0.405 e. The summed E-state index contributed by atoms with van der Waals surface area (Å²) in [6.07, 6.45) is -4.30. The second kappa shape index (κ2) is 4.69. The average molecular weight is 254 g/mol. The van der Waals surface area contributed by atoms with Crippen molar-refractivity contribution in [2.75, 3.05) is 25.6 Å². The Hall–Kier alpha value is -1.31. The molecular formula is C8H9F3N2O2S. The Morgan fingerprint density at radius 2 is 2.25 bits per heavy atom. The van der Waals surface area contributed by atoms with E-state index in [9.17, 15) is 18.0 Å². The minimum atomic E-state index is -4.30. The van der Waals surface area contributed by atoms with Gasteiger partial charge in [0.25, 0.3) is 0 Å². The highest BCUT2D eigenvalue weighted by molar-refractivity contribution is 7.13. The zero-order valence-corrected chi connectivity index (χ0v) is 9.35. The predicted octanol–water partition coefficient (Wildman–Crippen LogP) is 1.93. The highest BCUT2D eigenvalue weighted by atomic mass is 32.1. The van der Waals surface area contributed by atoms with E-state index in [1.165, 1.54) is 19.5 Å². The van der Waals surface area contributed by atoms with Crippen molar-refractivity contribution in [3.63, 3.8) is 0 Å². The maximum atomic E-state index is 12.1. The van der Waals surface area contributed by atoms with Crippen molar-refractivity contribution in [2.45, 2.75) is 6.18 Å². The number of halogens is 3. The van der Waals surface area contributed by atoms with Crippen LogP contribution in [0.3, 0.4) is 0 Å². The van der Waals surface area contributed by atoms with E-state index in [0.29, 0.717) is 0 Å². The van der Waals surface area contributed by atoms with Gasteiger partial charge in [0.15, 0.2) is 10.8 Å². The molecule has 0 fully saturated rings. The summed E-state index contributed by atoms with van der Waals surface area (Å²) in [5.74, 6) is -0.664. The molecule has 1 heterocycles. The van der Waals surface area contributed by atoms with Gasteiger partial charge >= 0.3 is 12.1 Å². The van der Waals surface area contributed by atoms with Gasteiger partial charge in [0.2, 0.25) is 0 Å². The number of methoxy groups -OCH3 is 1. The van der Waals surface area contributed by atoms with Gasteiger partial charge in [-0.3, -0.25) is 0 Å². The van der Waals surface area contributed by atoms with Crippen LogP contribution in [0.2, 0.25) is 0 Å². The van der Waals surface area contributed by atoms with Crippen LogP contribution in [0.5, 0.6) is 0 Å². The summed E-state index contributed by atoms with van der Waals surface area (Å²) in [4.78, 5) is 15.7. The van der Waals surface area contributed by atoms with Gasteiger partial charge in [0.1, 0.15) is 6.54 Å². The number of ether oxygens (including phenoxy) is 1. The van der Waals surface area contributed by atoms with Gasteiger partial charge in [-0.15, -0.1) is 11.3 Å². The molecule has 0 spiro atoms. The number of hydrogen-bond acceptors (Lipinski definition) is 5. The van der Waals surface area contributed by atoms with Crippen LogP contribution in [0, 0.1) is 0 Å². The highest BCUT2D eigenvalue weighted by Crippen LogP contribution is 2.24. The fourth-order valence-corrected chi connectivity index (χ4v) is 1.74. The predicted molar refractivity (Wildman–Crippen MR) is 52.8 cm³/mol. The first-order chi connectivity index (χ1) is 7.33. The molecule has 0 N–H and O–H groups in total. The minimum Gasteiger partial charge on any atom is -0.464 e. The lowest BCUT2D eigenvalue weighted by molar-refractivity contribution is -0.119.